The fourth-order valence-electron chi connectivity index (χ4n) is 1.17. The van der Waals surface area contributed by atoms with Crippen molar-refractivity contribution in [3.05, 3.63) is 0 Å². The maximum atomic E-state index is 11.3. The molecule has 0 spiro atoms. The summed E-state index contributed by atoms with van der Waals surface area (Å²) in [5.41, 5.74) is 0. The minimum absolute atomic E-state index is 0.135. The van der Waals surface area contributed by atoms with Crippen molar-refractivity contribution < 1.29 is 4.79 Å². The Hall–Kier alpha value is -0.450. The number of ketones is 1. The maximum absolute atomic E-state index is 11.3. The average Bonchev–Trinajstić information content (AvgIpc) is 2.21. The third kappa shape index (κ3) is 10.1. The van der Waals surface area contributed by atoms with Crippen molar-refractivity contribution in [3.63, 3.8) is 0 Å². The molecule has 0 radical (unpaired) electrons. The van der Waals surface area contributed by atoms with Crippen molar-refractivity contribution >= 4 is 5.78 Å². The molecule has 4 nitrogen and oxygen atoms in total. The van der Waals surface area contributed by atoms with Gasteiger partial charge in [-0.3, -0.25) is 4.79 Å². The average molecular weight is 229 g/mol. The largest absolute Gasteiger partial charge is 0.314 e. The fraction of sp³-hybridized carbons (Fsp3) is 0.917. The molecule has 0 atom stereocenters. The van der Waals surface area contributed by atoms with Crippen molar-refractivity contribution in [2.45, 2.75) is 33.7 Å². The first-order chi connectivity index (χ1) is 7.54. The Bertz CT molecular complexity index is 181. The molecule has 0 aliphatic rings. The van der Waals surface area contributed by atoms with Gasteiger partial charge in [-0.05, 0) is 0 Å². The zero-order chi connectivity index (χ0) is 12.4. The van der Waals surface area contributed by atoms with Gasteiger partial charge in [-0.25, -0.2) is 0 Å². The predicted octanol–water partition coefficient (Wildman–Crippen LogP) is 0.389. The van der Waals surface area contributed by atoms with E-state index in [2.05, 4.69) is 29.8 Å². The Morgan fingerprint density at radius 3 is 2.06 bits per heavy atom. The minimum atomic E-state index is 0.135. The molecule has 0 aliphatic heterocycles. The number of carbonyl (C=O) groups excluding carboxylic acids is 1. The van der Waals surface area contributed by atoms with Gasteiger partial charge in [0.05, 0.1) is 6.54 Å². The highest BCUT2D eigenvalue weighted by Gasteiger charge is 2.04. The van der Waals surface area contributed by atoms with Crippen LogP contribution in [0.1, 0.15) is 27.7 Å². The van der Waals surface area contributed by atoms with Crippen molar-refractivity contribution in [2.75, 3.05) is 32.7 Å². The SMILES string of the molecule is CC(C)NCCNCCNCC(=O)C(C)C. The first-order valence-corrected chi connectivity index (χ1v) is 6.21. The predicted molar refractivity (Wildman–Crippen MR) is 68.7 cm³/mol. The smallest absolute Gasteiger partial charge is 0.149 e. The Balaban J connectivity index is 3.13. The van der Waals surface area contributed by atoms with Crippen LogP contribution < -0.4 is 16.0 Å². The van der Waals surface area contributed by atoms with Gasteiger partial charge in [-0.15, -0.1) is 0 Å². The van der Waals surface area contributed by atoms with Crippen LogP contribution in [0.5, 0.6) is 0 Å². The third-order valence-electron chi connectivity index (χ3n) is 2.28. The third-order valence-corrected chi connectivity index (χ3v) is 2.28. The van der Waals surface area contributed by atoms with Crippen LogP contribution >= 0.6 is 0 Å². The topological polar surface area (TPSA) is 53.2 Å². The van der Waals surface area contributed by atoms with E-state index in [4.69, 9.17) is 0 Å². The molecule has 4 heteroatoms. The van der Waals surface area contributed by atoms with E-state index in [1.165, 1.54) is 0 Å². The number of Topliss-reactive ketones (excluding diaryl/α,β-unsaturated/α-hetero) is 1. The molecular weight excluding hydrogens is 202 g/mol. The van der Waals surface area contributed by atoms with E-state index in [-0.39, 0.29) is 11.7 Å². The summed E-state index contributed by atoms with van der Waals surface area (Å²) in [5, 5.41) is 9.77. The summed E-state index contributed by atoms with van der Waals surface area (Å²) in [6.07, 6.45) is 0. The lowest BCUT2D eigenvalue weighted by atomic mass is 10.1. The molecule has 0 rings (SSSR count). The van der Waals surface area contributed by atoms with E-state index in [1.807, 2.05) is 13.8 Å². The summed E-state index contributed by atoms with van der Waals surface area (Å²) in [6.45, 7) is 12.3. The lowest BCUT2D eigenvalue weighted by Crippen LogP contribution is -2.36. The number of hydrogen-bond donors (Lipinski definition) is 3. The van der Waals surface area contributed by atoms with Crippen LogP contribution in [0, 0.1) is 5.92 Å². The highest BCUT2D eigenvalue weighted by molar-refractivity contribution is 5.82. The molecule has 0 saturated heterocycles. The van der Waals surface area contributed by atoms with E-state index in [9.17, 15) is 4.79 Å². The highest BCUT2D eigenvalue weighted by atomic mass is 16.1. The van der Waals surface area contributed by atoms with Crippen LogP contribution in [0.15, 0.2) is 0 Å². The van der Waals surface area contributed by atoms with Crippen LogP contribution in [-0.2, 0) is 4.79 Å². The van der Waals surface area contributed by atoms with Crippen molar-refractivity contribution in [2.24, 2.45) is 5.92 Å². The van der Waals surface area contributed by atoms with Gasteiger partial charge >= 0.3 is 0 Å². The van der Waals surface area contributed by atoms with Gasteiger partial charge in [0.1, 0.15) is 5.78 Å². The molecule has 0 aromatic rings. The molecule has 96 valence electrons. The summed E-state index contributed by atoms with van der Waals surface area (Å²) in [7, 11) is 0. The fourth-order valence-corrected chi connectivity index (χ4v) is 1.17. The first kappa shape index (κ1) is 15.6. The Kier molecular flexibility index (Phi) is 9.48. The van der Waals surface area contributed by atoms with E-state index in [0.29, 0.717) is 12.6 Å². The van der Waals surface area contributed by atoms with Crippen LogP contribution in [-0.4, -0.2) is 44.5 Å². The van der Waals surface area contributed by atoms with Crippen LogP contribution in [0.2, 0.25) is 0 Å². The monoisotopic (exact) mass is 229 g/mol. The molecule has 0 amide bonds. The standard InChI is InChI=1S/C12H27N3O/c1-10(2)12(16)9-14-6-5-13-7-8-15-11(3)4/h10-11,13-15H,5-9H2,1-4H3. The zero-order valence-electron chi connectivity index (χ0n) is 11.1. The summed E-state index contributed by atoms with van der Waals surface area (Å²) in [5.74, 6) is 0.414. The van der Waals surface area contributed by atoms with Crippen LogP contribution in [0.25, 0.3) is 0 Å². The van der Waals surface area contributed by atoms with Gasteiger partial charge in [0, 0.05) is 38.1 Å². The first-order valence-electron chi connectivity index (χ1n) is 6.21. The second-order valence-corrected chi connectivity index (χ2v) is 4.66. The van der Waals surface area contributed by atoms with Gasteiger partial charge in [-0.2, -0.15) is 0 Å². The van der Waals surface area contributed by atoms with Crippen molar-refractivity contribution in [3.8, 4) is 0 Å². The van der Waals surface area contributed by atoms with Gasteiger partial charge in [0.2, 0.25) is 0 Å². The number of rotatable bonds is 10. The van der Waals surface area contributed by atoms with Gasteiger partial charge in [-0.1, -0.05) is 27.7 Å². The molecule has 0 aliphatic carbocycles. The quantitative estimate of drug-likeness (QED) is 0.474. The lowest BCUT2D eigenvalue weighted by molar-refractivity contribution is -0.121. The summed E-state index contributed by atoms with van der Waals surface area (Å²) in [4.78, 5) is 11.3. The van der Waals surface area contributed by atoms with E-state index < -0.39 is 0 Å². The molecule has 0 aromatic heterocycles. The molecule has 0 saturated carbocycles. The van der Waals surface area contributed by atoms with Gasteiger partial charge < -0.3 is 16.0 Å². The number of carbonyl (C=O) groups is 1. The zero-order valence-corrected chi connectivity index (χ0v) is 11.1. The molecule has 0 unspecified atom stereocenters. The second kappa shape index (κ2) is 9.75. The Morgan fingerprint density at radius 2 is 1.50 bits per heavy atom. The van der Waals surface area contributed by atoms with Crippen LogP contribution in [0.3, 0.4) is 0 Å². The summed E-state index contributed by atoms with van der Waals surface area (Å²) < 4.78 is 0. The molecule has 0 aromatic carbocycles. The molecule has 0 fully saturated rings. The van der Waals surface area contributed by atoms with Gasteiger partial charge in [0.25, 0.3) is 0 Å². The van der Waals surface area contributed by atoms with Crippen LogP contribution in [0.4, 0.5) is 0 Å². The van der Waals surface area contributed by atoms with E-state index >= 15 is 0 Å². The lowest BCUT2D eigenvalue weighted by Gasteiger charge is -2.09. The maximum Gasteiger partial charge on any atom is 0.149 e. The highest BCUT2D eigenvalue weighted by Crippen LogP contribution is 1.91. The second-order valence-electron chi connectivity index (χ2n) is 4.66. The molecule has 0 heterocycles. The summed E-state index contributed by atoms with van der Waals surface area (Å²) in [6, 6.07) is 0.545. The van der Waals surface area contributed by atoms with Crippen molar-refractivity contribution in [1.29, 1.82) is 0 Å². The molecular formula is C12H27N3O. The normalized spacial score (nSPS) is 11.4. The number of hydrogen-bond acceptors (Lipinski definition) is 4. The summed E-state index contributed by atoms with van der Waals surface area (Å²) >= 11 is 0. The van der Waals surface area contributed by atoms with Gasteiger partial charge in [0.15, 0.2) is 0 Å². The molecule has 3 N–H and O–H groups in total. The molecule has 16 heavy (non-hydrogen) atoms. The van der Waals surface area contributed by atoms with Crippen molar-refractivity contribution in [1.82, 2.24) is 16.0 Å². The Morgan fingerprint density at radius 1 is 0.938 bits per heavy atom. The number of nitrogens with one attached hydrogen (secondary N) is 3. The minimum Gasteiger partial charge on any atom is -0.314 e. The molecule has 0 bridgehead atoms. The van der Waals surface area contributed by atoms with E-state index in [0.717, 1.165) is 26.2 Å². The van der Waals surface area contributed by atoms with E-state index in [1.54, 1.807) is 0 Å². The Labute approximate surface area is 99.6 Å².